The summed E-state index contributed by atoms with van der Waals surface area (Å²) in [6.45, 7) is 1.12. The van der Waals surface area contributed by atoms with Crippen LogP contribution >= 0.6 is 0 Å². The van der Waals surface area contributed by atoms with E-state index in [1.54, 1.807) is 4.90 Å². The zero-order valence-electron chi connectivity index (χ0n) is 16.0. The molecule has 0 spiro atoms. The molecule has 6 heteroatoms. The molecule has 150 valence electrons. The summed E-state index contributed by atoms with van der Waals surface area (Å²) in [4.78, 5) is 25.9. The van der Waals surface area contributed by atoms with E-state index in [1.165, 1.54) is 22.3 Å². The number of hydrogen-bond acceptors (Lipinski definition) is 4. The van der Waals surface area contributed by atoms with Gasteiger partial charge >= 0.3 is 12.1 Å². The van der Waals surface area contributed by atoms with Crippen LogP contribution in [0, 0.1) is 5.92 Å². The number of fused-ring (bicyclic) bond motifs is 4. The fraction of sp³-hybridized carbons (Fsp3) is 0.391. The van der Waals surface area contributed by atoms with Gasteiger partial charge in [0.05, 0.1) is 24.7 Å². The Morgan fingerprint density at radius 1 is 1.03 bits per heavy atom. The summed E-state index contributed by atoms with van der Waals surface area (Å²) in [7, 11) is 0. The maximum atomic E-state index is 12.9. The molecule has 29 heavy (non-hydrogen) atoms. The van der Waals surface area contributed by atoms with Gasteiger partial charge in [0.2, 0.25) is 0 Å². The zero-order valence-corrected chi connectivity index (χ0v) is 16.0. The van der Waals surface area contributed by atoms with Gasteiger partial charge in [0.1, 0.15) is 6.61 Å². The van der Waals surface area contributed by atoms with Crippen molar-refractivity contribution < 1.29 is 24.2 Å². The van der Waals surface area contributed by atoms with Crippen molar-refractivity contribution in [2.75, 3.05) is 19.8 Å². The maximum absolute atomic E-state index is 12.9. The van der Waals surface area contributed by atoms with Crippen LogP contribution in [0.15, 0.2) is 48.5 Å². The molecule has 2 aliphatic carbocycles. The van der Waals surface area contributed by atoms with E-state index in [9.17, 15) is 14.7 Å². The standard InChI is InChI=1S/C23H23NO5/c25-22(26)14-11-20-21(12-14)28-10-9-24(20)23(27)29-13-19-17-7-3-1-5-15(17)16-6-2-4-8-18(16)19/h1-8,14,19-21H,9-13H2,(H,25,26). The van der Waals surface area contributed by atoms with Crippen LogP contribution in [0.2, 0.25) is 0 Å². The minimum atomic E-state index is -0.824. The molecule has 1 saturated carbocycles. The van der Waals surface area contributed by atoms with Crippen LogP contribution in [0.25, 0.3) is 11.1 Å². The monoisotopic (exact) mass is 393 g/mol. The molecule has 1 saturated heterocycles. The van der Waals surface area contributed by atoms with Crippen LogP contribution in [-0.2, 0) is 14.3 Å². The lowest BCUT2D eigenvalue weighted by molar-refractivity contribution is -0.141. The number of hydrogen-bond donors (Lipinski definition) is 1. The highest BCUT2D eigenvalue weighted by Crippen LogP contribution is 2.44. The lowest BCUT2D eigenvalue weighted by Crippen LogP contribution is -2.51. The summed E-state index contributed by atoms with van der Waals surface area (Å²) < 4.78 is 11.5. The van der Waals surface area contributed by atoms with Crippen molar-refractivity contribution in [1.82, 2.24) is 4.90 Å². The molecule has 6 nitrogen and oxygen atoms in total. The van der Waals surface area contributed by atoms with Crippen molar-refractivity contribution in [3.05, 3.63) is 59.7 Å². The lowest BCUT2D eigenvalue weighted by Gasteiger charge is -2.36. The number of nitrogens with zero attached hydrogens (tertiary/aromatic N) is 1. The van der Waals surface area contributed by atoms with Gasteiger partial charge in [0, 0.05) is 12.5 Å². The molecule has 5 rings (SSSR count). The van der Waals surface area contributed by atoms with Crippen molar-refractivity contribution in [2.45, 2.75) is 30.9 Å². The van der Waals surface area contributed by atoms with Gasteiger partial charge in [-0.15, -0.1) is 0 Å². The van der Waals surface area contributed by atoms with Gasteiger partial charge in [0.15, 0.2) is 0 Å². The van der Waals surface area contributed by atoms with Crippen molar-refractivity contribution in [2.24, 2.45) is 5.92 Å². The topological polar surface area (TPSA) is 76.1 Å². The molecular weight excluding hydrogens is 370 g/mol. The maximum Gasteiger partial charge on any atom is 0.410 e. The molecule has 0 radical (unpaired) electrons. The molecule has 1 N–H and O–H groups in total. The van der Waals surface area contributed by atoms with E-state index in [4.69, 9.17) is 9.47 Å². The third-order valence-corrected chi connectivity index (χ3v) is 6.46. The zero-order chi connectivity index (χ0) is 20.0. The molecular formula is C23H23NO5. The molecule has 3 atom stereocenters. The van der Waals surface area contributed by atoms with E-state index in [-0.39, 0.29) is 30.8 Å². The van der Waals surface area contributed by atoms with Gasteiger partial charge in [-0.1, -0.05) is 48.5 Å². The van der Waals surface area contributed by atoms with Crippen LogP contribution in [-0.4, -0.2) is 54.0 Å². The Morgan fingerprint density at radius 2 is 1.69 bits per heavy atom. The molecule has 2 aromatic carbocycles. The van der Waals surface area contributed by atoms with Crippen molar-refractivity contribution in [1.29, 1.82) is 0 Å². The molecule has 2 aromatic rings. The summed E-state index contributed by atoms with van der Waals surface area (Å²) in [6, 6.07) is 16.2. The smallest absolute Gasteiger partial charge is 0.410 e. The molecule has 1 amide bonds. The fourth-order valence-electron chi connectivity index (χ4n) is 5.06. The molecule has 0 aromatic heterocycles. The van der Waals surface area contributed by atoms with Crippen LogP contribution < -0.4 is 0 Å². The predicted octanol–water partition coefficient (Wildman–Crippen LogP) is 3.50. The van der Waals surface area contributed by atoms with Crippen LogP contribution in [0.5, 0.6) is 0 Å². The first kappa shape index (κ1) is 18.2. The van der Waals surface area contributed by atoms with Crippen molar-refractivity contribution >= 4 is 12.1 Å². The number of carboxylic acid groups (broad SMARTS) is 1. The van der Waals surface area contributed by atoms with Gasteiger partial charge in [-0.2, -0.15) is 0 Å². The highest BCUT2D eigenvalue weighted by Gasteiger charge is 2.46. The third-order valence-electron chi connectivity index (χ3n) is 6.46. The number of morpholine rings is 1. The first-order valence-corrected chi connectivity index (χ1v) is 10.1. The minimum Gasteiger partial charge on any atom is -0.481 e. The second-order valence-electron chi connectivity index (χ2n) is 7.98. The average Bonchev–Trinajstić information content (AvgIpc) is 3.32. The number of ether oxygens (including phenoxy) is 2. The Morgan fingerprint density at radius 3 is 2.34 bits per heavy atom. The van der Waals surface area contributed by atoms with E-state index < -0.39 is 11.9 Å². The molecule has 1 aliphatic heterocycles. The number of carbonyl (C=O) groups is 2. The summed E-state index contributed by atoms with van der Waals surface area (Å²) >= 11 is 0. The second kappa shape index (κ2) is 7.19. The normalized spacial score (nSPS) is 25.2. The van der Waals surface area contributed by atoms with Gasteiger partial charge in [-0.3, -0.25) is 4.79 Å². The Bertz CT molecular complexity index is 912. The van der Waals surface area contributed by atoms with E-state index >= 15 is 0 Å². The van der Waals surface area contributed by atoms with Gasteiger partial charge in [-0.05, 0) is 35.1 Å². The predicted molar refractivity (Wildman–Crippen MR) is 106 cm³/mol. The Balaban J connectivity index is 1.32. The number of carbonyl (C=O) groups excluding carboxylic acids is 1. The third kappa shape index (κ3) is 3.08. The Labute approximate surface area is 169 Å². The second-order valence-corrected chi connectivity index (χ2v) is 7.98. The number of benzene rings is 2. The van der Waals surface area contributed by atoms with Crippen molar-refractivity contribution in [3.8, 4) is 11.1 Å². The quantitative estimate of drug-likeness (QED) is 0.864. The first-order chi connectivity index (χ1) is 14.1. The number of amides is 1. The summed E-state index contributed by atoms with van der Waals surface area (Å²) in [5.74, 6) is -1.28. The summed E-state index contributed by atoms with van der Waals surface area (Å²) in [5.41, 5.74) is 4.73. The van der Waals surface area contributed by atoms with Gasteiger partial charge in [0.25, 0.3) is 0 Å². The molecule has 3 unspecified atom stereocenters. The SMILES string of the molecule is O=C(O)C1CC2OCCN(C(=O)OCC3c4ccccc4-c4ccccc43)C2C1. The van der Waals surface area contributed by atoms with Crippen LogP contribution in [0.3, 0.4) is 0 Å². The van der Waals surface area contributed by atoms with E-state index in [2.05, 4.69) is 24.3 Å². The van der Waals surface area contributed by atoms with E-state index in [1.807, 2.05) is 24.3 Å². The number of rotatable bonds is 3. The molecule has 1 heterocycles. The molecule has 2 fully saturated rings. The largest absolute Gasteiger partial charge is 0.481 e. The highest BCUT2D eigenvalue weighted by molar-refractivity contribution is 5.79. The fourth-order valence-corrected chi connectivity index (χ4v) is 5.06. The minimum absolute atomic E-state index is 0.0125. The van der Waals surface area contributed by atoms with Crippen LogP contribution in [0.4, 0.5) is 4.79 Å². The Kier molecular flexibility index (Phi) is 4.51. The van der Waals surface area contributed by atoms with Gasteiger partial charge in [-0.25, -0.2) is 4.79 Å². The number of carboxylic acids is 1. The summed E-state index contributed by atoms with van der Waals surface area (Å²) in [5, 5.41) is 9.33. The highest BCUT2D eigenvalue weighted by atomic mass is 16.6. The van der Waals surface area contributed by atoms with E-state index in [0.29, 0.717) is 26.0 Å². The molecule has 0 bridgehead atoms. The average molecular weight is 393 g/mol. The summed E-state index contributed by atoms with van der Waals surface area (Å²) in [6.07, 6.45) is 0.277. The number of aliphatic carboxylic acids is 1. The van der Waals surface area contributed by atoms with Crippen molar-refractivity contribution in [3.63, 3.8) is 0 Å². The molecule has 3 aliphatic rings. The van der Waals surface area contributed by atoms with E-state index in [0.717, 1.165) is 0 Å². The first-order valence-electron chi connectivity index (χ1n) is 10.1. The lowest BCUT2D eigenvalue weighted by atomic mass is 9.98. The Hall–Kier alpha value is -2.86. The van der Waals surface area contributed by atoms with Gasteiger partial charge < -0.3 is 19.5 Å². The van der Waals surface area contributed by atoms with Crippen LogP contribution in [0.1, 0.15) is 29.9 Å².